The molecule has 1 aromatic carbocycles. The topological polar surface area (TPSA) is 113 Å². The van der Waals surface area contributed by atoms with E-state index in [0.29, 0.717) is 50.5 Å². The lowest BCUT2D eigenvalue weighted by Gasteiger charge is -2.41. The Bertz CT molecular complexity index is 1150. The molecular weight excluding hydrogens is 486 g/mol. The molecule has 4 atom stereocenters. The number of benzene rings is 1. The van der Waals surface area contributed by atoms with Gasteiger partial charge in [-0.25, -0.2) is 0 Å². The zero-order valence-corrected chi connectivity index (χ0v) is 21.7. The zero-order valence-electron chi connectivity index (χ0n) is 21.7. The number of nitrogens with one attached hydrogen (secondary N) is 2. The highest BCUT2D eigenvalue weighted by atomic mass is 16.5. The number of aromatic nitrogens is 1. The summed E-state index contributed by atoms with van der Waals surface area (Å²) in [5, 5.41) is 6.02. The number of fused-ring (bicyclic) bond motifs is 4. The molecule has 0 aliphatic carbocycles. The van der Waals surface area contributed by atoms with Crippen molar-refractivity contribution in [1.82, 2.24) is 25.4 Å². The molecule has 2 bridgehead atoms. The maximum atomic E-state index is 13.8. The Morgan fingerprint density at radius 1 is 1.13 bits per heavy atom. The summed E-state index contributed by atoms with van der Waals surface area (Å²) >= 11 is 0. The standard InChI is InChI=1S/C28H35N5O5/c1-19(34)31-23-9-8-21-10-14-37-25-7-3-2-6-22(25)28(36)33-13-12-32(17-20-5-4-11-29-15-20)18-24(33)27(35)30-16-26(23)38-21/h2-7,11,15,21,23-24,26H,8-10,12-14,16-18H2,1H3,(H,30,35)(H,31,34)/t21-,23+,24-,26+/m0/s1. The van der Waals surface area contributed by atoms with Gasteiger partial charge >= 0.3 is 0 Å². The van der Waals surface area contributed by atoms with E-state index in [-0.39, 0.29) is 42.5 Å². The predicted molar refractivity (Wildman–Crippen MR) is 139 cm³/mol. The third kappa shape index (κ3) is 6.14. The lowest BCUT2D eigenvalue weighted by molar-refractivity contribution is -0.131. The first-order valence-electron chi connectivity index (χ1n) is 13.3. The highest BCUT2D eigenvalue weighted by Gasteiger charge is 2.38. The second kappa shape index (κ2) is 11.9. The summed E-state index contributed by atoms with van der Waals surface area (Å²) in [7, 11) is 0. The van der Waals surface area contributed by atoms with Crippen LogP contribution in [0.25, 0.3) is 0 Å². The molecule has 10 heteroatoms. The van der Waals surface area contributed by atoms with Crippen molar-refractivity contribution in [3.63, 3.8) is 0 Å². The molecule has 2 fully saturated rings. The summed E-state index contributed by atoms with van der Waals surface area (Å²) in [5.74, 6) is -0.0730. The molecule has 0 saturated carbocycles. The SMILES string of the molecule is CC(=O)N[C@@H]1CC[C@H]2CCOc3ccccc3C(=O)N3CCN(Cc4cccnc4)C[C@H]3C(=O)NC[C@H]1O2. The lowest BCUT2D eigenvalue weighted by atomic mass is 9.96. The molecule has 0 unspecified atom stereocenters. The molecule has 5 rings (SSSR count). The van der Waals surface area contributed by atoms with Crippen molar-refractivity contribution in [1.29, 1.82) is 0 Å². The van der Waals surface area contributed by atoms with E-state index in [9.17, 15) is 14.4 Å². The first-order chi connectivity index (χ1) is 18.5. The maximum Gasteiger partial charge on any atom is 0.258 e. The summed E-state index contributed by atoms with van der Waals surface area (Å²) in [6.45, 7) is 4.20. The van der Waals surface area contributed by atoms with Crippen molar-refractivity contribution >= 4 is 17.7 Å². The number of hydrogen-bond donors (Lipinski definition) is 2. The average Bonchev–Trinajstić information content (AvgIpc) is 2.92. The van der Waals surface area contributed by atoms with Crippen LogP contribution in [-0.2, 0) is 20.9 Å². The molecule has 2 saturated heterocycles. The van der Waals surface area contributed by atoms with E-state index in [1.54, 1.807) is 23.2 Å². The second-order valence-corrected chi connectivity index (χ2v) is 10.2. The number of piperazine rings is 1. The molecule has 38 heavy (non-hydrogen) atoms. The van der Waals surface area contributed by atoms with Gasteiger partial charge in [-0.2, -0.15) is 0 Å². The Morgan fingerprint density at radius 3 is 2.82 bits per heavy atom. The number of hydrogen-bond acceptors (Lipinski definition) is 7. The van der Waals surface area contributed by atoms with Crippen molar-refractivity contribution in [3.8, 4) is 5.75 Å². The molecular formula is C28H35N5O5. The highest BCUT2D eigenvalue weighted by molar-refractivity contribution is 6.00. The number of rotatable bonds is 3. The lowest BCUT2D eigenvalue weighted by Crippen LogP contribution is -2.61. The van der Waals surface area contributed by atoms with E-state index >= 15 is 0 Å². The number of carbonyl (C=O) groups excluding carboxylic acids is 3. The van der Waals surface area contributed by atoms with Gasteiger partial charge in [-0.3, -0.25) is 24.3 Å². The van der Waals surface area contributed by atoms with Crippen LogP contribution < -0.4 is 15.4 Å². The van der Waals surface area contributed by atoms with E-state index in [0.717, 1.165) is 18.4 Å². The van der Waals surface area contributed by atoms with Crippen LogP contribution in [-0.4, -0.2) is 89.6 Å². The van der Waals surface area contributed by atoms with E-state index in [1.807, 2.05) is 30.5 Å². The number of carbonyl (C=O) groups is 3. The quantitative estimate of drug-likeness (QED) is 0.627. The van der Waals surface area contributed by atoms with Crippen LogP contribution in [0.15, 0.2) is 48.8 Å². The van der Waals surface area contributed by atoms with Crippen molar-refractivity contribution in [2.24, 2.45) is 0 Å². The third-order valence-electron chi connectivity index (χ3n) is 7.45. The van der Waals surface area contributed by atoms with Crippen molar-refractivity contribution in [3.05, 3.63) is 59.9 Å². The van der Waals surface area contributed by atoms with Gasteiger partial charge in [-0.1, -0.05) is 18.2 Å². The summed E-state index contributed by atoms with van der Waals surface area (Å²) < 4.78 is 12.4. The molecule has 2 aromatic rings. The van der Waals surface area contributed by atoms with Gasteiger partial charge in [0.2, 0.25) is 11.8 Å². The van der Waals surface area contributed by atoms with E-state index < -0.39 is 6.04 Å². The molecule has 3 amide bonds. The van der Waals surface area contributed by atoms with Crippen molar-refractivity contribution < 1.29 is 23.9 Å². The Balaban J connectivity index is 1.41. The zero-order chi connectivity index (χ0) is 26.5. The van der Waals surface area contributed by atoms with Gasteiger partial charge < -0.3 is 25.0 Å². The van der Waals surface area contributed by atoms with Crippen LogP contribution in [0.2, 0.25) is 0 Å². The first-order valence-corrected chi connectivity index (χ1v) is 13.3. The van der Waals surface area contributed by atoms with Gasteiger partial charge in [-0.05, 0) is 36.6 Å². The first kappa shape index (κ1) is 26.1. The average molecular weight is 522 g/mol. The smallest absolute Gasteiger partial charge is 0.258 e. The minimum Gasteiger partial charge on any atom is -0.493 e. The normalized spacial score (nSPS) is 26.7. The van der Waals surface area contributed by atoms with Gasteiger partial charge in [0.25, 0.3) is 5.91 Å². The third-order valence-corrected chi connectivity index (χ3v) is 7.45. The molecule has 0 spiro atoms. The Hall–Kier alpha value is -3.50. The molecule has 202 valence electrons. The largest absolute Gasteiger partial charge is 0.493 e. The molecule has 3 aliphatic rings. The molecule has 0 radical (unpaired) electrons. The van der Waals surface area contributed by atoms with Crippen LogP contribution in [0, 0.1) is 0 Å². The monoisotopic (exact) mass is 521 g/mol. The summed E-state index contributed by atoms with van der Waals surface area (Å²) in [5.41, 5.74) is 1.50. The van der Waals surface area contributed by atoms with Gasteiger partial charge in [0.15, 0.2) is 0 Å². The number of pyridine rings is 1. The number of para-hydroxylation sites is 1. The molecule has 4 heterocycles. The maximum absolute atomic E-state index is 13.8. The summed E-state index contributed by atoms with van der Waals surface area (Å²) in [6.07, 6.45) is 5.31. The van der Waals surface area contributed by atoms with E-state index in [4.69, 9.17) is 9.47 Å². The van der Waals surface area contributed by atoms with Gasteiger partial charge in [0, 0.05) is 58.5 Å². The molecule has 10 nitrogen and oxygen atoms in total. The Kier molecular flexibility index (Phi) is 8.19. The summed E-state index contributed by atoms with van der Waals surface area (Å²) in [6, 6.07) is 10.2. The van der Waals surface area contributed by atoms with Gasteiger partial charge in [0.1, 0.15) is 11.8 Å². The van der Waals surface area contributed by atoms with Gasteiger partial charge in [-0.15, -0.1) is 0 Å². The Morgan fingerprint density at radius 2 is 2.00 bits per heavy atom. The Labute approximate surface area is 222 Å². The molecule has 2 N–H and O–H groups in total. The predicted octanol–water partition coefficient (Wildman–Crippen LogP) is 1.36. The number of nitrogens with zero attached hydrogens (tertiary/aromatic N) is 3. The highest BCUT2D eigenvalue weighted by Crippen LogP contribution is 2.26. The van der Waals surface area contributed by atoms with Crippen LogP contribution in [0.4, 0.5) is 0 Å². The molecule has 1 aromatic heterocycles. The van der Waals surface area contributed by atoms with E-state index in [1.165, 1.54) is 6.92 Å². The fourth-order valence-electron chi connectivity index (χ4n) is 5.53. The van der Waals surface area contributed by atoms with Crippen LogP contribution in [0.1, 0.15) is 42.1 Å². The van der Waals surface area contributed by atoms with Crippen LogP contribution in [0.3, 0.4) is 0 Å². The summed E-state index contributed by atoms with van der Waals surface area (Å²) in [4.78, 5) is 47.2. The minimum atomic E-state index is -0.692. The van der Waals surface area contributed by atoms with Crippen LogP contribution in [0.5, 0.6) is 5.75 Å². The fourth-order valence-corrected chi connectivity index (χ4v) is 5.53. The van der Waals surface area contributed by atoms with Gasteiger partial charge in [0.05, 0.1) is 30.4 Å². The number of amides is 3. The fraction of sp³-hybridized carbons (Fsp3) is 0.500. The minimum absolute atomic E-state index is 0.0612. The van der Waals surface area contributed by atoms with E-state index in [2.05, 4.69) is 20.5 Å². The van der Waals surface area contributed by atoms with Crippen molar-refractivity contribution in [2.45, 2.75) is 57.0 Å². The molecule has 3 aliphatic heterocycles. The second-order valence-electron chi connectivity index (χ2n) is 10.2. The van der Waals surface area contributed by atoms with Crippen molar-refractivity contribution in [2.75, 3.05) is 32.8 Å². The number of ether oxygens (including phenoxy) is 2. The van der Waals surface area contributed by atoms with Crippen LogP contribution >= 0.6 is 0 Å².